The number of halogens is 1. The Hall–Kier alpha value is -3.32. The van der Waals surface area contributed by atoms with E-state index < -0.39 is 36.2 Å². The normalized spacial score (nSPS) is 10.9. The lowest BCUT2D eigenvalue weighted by molar-refractivity contribution is -0.136. The van der Waals surface area contributed by atoms with Gasteiger partial charge in [0.15, 0.2) is 5.78 Å². The molecular formula is C20H16FNO5. The van der Waals surface area contributed by atoms with Gasteiger partial charge in [0, 0.05) is 22.9 Å². The number of rotatable bonds is 6. The van der Waals surface area contributed by atoms with Crippen LogP contribution >= 0.6 is 0 Å². The van der Waals surface area contributed by atoms with Crippen molar-refractivity contribution in [2.24, 2.45) is 0 Å². The van der Waals surface area contributed by atoms with E-state index in [0.717, 1.165) is 0 Å². The van der Waals surface area contributed by atoms with E-state index in [1.165, 1.54) is 12.1 Å². The van der Waals surface area contributed by atoms with Crippen LogP contribution in [0, 0.1) is 5.82 Å². The molecule has 0 saturated carbocycles. The fraction of sp³-hybridized carbons (Fsp3) is 0.150. The molecule has 0 amide bonds. The predicted molar refractivity (Wildman–Crippen MR) is 97.1 cm³/mol. The number of aromatic nitrogens is 1. The van der Waals surface area contributed by atoms with Crippen LogP contribution in [0.1, 0.15) is 28.8 Å². The van der Waals surface area contributed by atoms with E-state index in [9.17, 15) is 23.9 Å². The molecule has 3 rings (SSSR count). The van der Waals surface area contributed by atoms with Crippen molar-refractivity contribution in [3.63, 3.8) is 0 Å². The Morgan fingerprint density at radius 3 is 2.44 bits per heavy atom. The van der Waals surface area contributed by atoms with Crippen molar-refractivity contribution in [3.05, 3.63) is 69.8 Å². The number of hydrogen-bond donors (Lipinski definition) is 3. The number of aliphatic hydroxyl groups is 1. The van der Waals surface area contributed by atoms with Gasteiger partial charge >= 0.3 is 5.97 Å². The minimum Gasteiger partial charge on any atom is -0.481 e. The Kier molecular flexibility index (Phi) is 5.14. The average Bonchev–Trinajstić information content (AvgIpc) is 2.64. The molecule has 0 fully saturated rings. The summed E-state index contributed by atoms with van der Waals surface area (Å²) in [4.78, 5) is 37.9. The Balaban J connectivity index is 2.17. The van der Waals surface area contributed by atoms with Crippen LogP contribution in [0.2, 0.25) is 0 Å². The molecule has 0 spiro atoms. The highest BCUT2D eigenvalue weighted by Crippen LogP contribution is 2.27. The van der Waals surface area contributed by atoms with Crippen LogP contribution < -0.4 is 5.56 Å². The van der Waals surface area contributed by atoms with Crippen molar-refractivity contribution >= 4 is 22.7 Å². The van der Waals surface area contributed by atoms with Crippen molar-refractivity contribution in [2.75, 3.05) is 0 Å². The van der Waals surface area contributed by atoms with Gasteiger partial charge in [0.05, 0.1) is 18.6 Å². The number of aliphatic carboxylic acids is 1. The largest absolute Gasteiger partial charge is 0.481 e. The molecule has 6 nitrogen and oxygen atoms in total. The zero-order valence-electron chi connectivity index (χ0n) is 14.2. The highest BCUT2D eigenvalue weighted by molar-refractivity contribution is 6.02. The molecule has 0 unspecified atom stereocenters. The van der Waals surface area contributed by atoms with Crippen molar-refractivity contribution < 1.29 is 24.2 Å². The lowest BCUT2D eigenvalue weighted by atomic mass is 9.96. The van der Waals surface area contributed by atoms with E-state index >= 15 is 0 Å². The first kappa shape index (κ1) is 18.5. The van der Waals surface area contributed by atoms with Crippen LogP contribution in [0.5, 0.6) is 0 Å². The van der Waals surface area contributed by atoms with Crippen LogP contribution in [0.3, 0.4) is 0 Å². The Labute approximate surface area is 152 Å². The average molecular weight is 369 g/mol. The monoisotopic (exact) mass is 369 g/mol. The van der Waals surface area contributed by atoms with Crippen molar-refractivity contribution in [2.45, 2.75) is 19.4 Å². The second kappa shape index (κ2) is 7.51. The molecule has 0 saturated heterocycles. The Bertz CT molecular complexity index is 1100. The topological polar surface area (TPSA) is 107 Å². The van der Waals surface area contributed by atoms with E-state index in [2.05, 4.69) is 4.98 Å². The van der Waals surface area contributed by atoms with Crippen molar-refractivity contribution in [3.8, 4) is 11.1 Å². The number of Topliss-reactive ketones (excluding diaryl/α,β-unsaturated/α-hetero) is 1. The molecule has 138 valence electrons. The molecular weight excluding hydrogens is 353 g/mol. The van der Waals surface area contributed by atoms with E-state index in [4.69, 9.17) is 5.11 Å². The van der Waals surface area contributed by atoms with Gasteiger partial charge in [-0.2, -0.15) is 0 Å². The number of H-pyrrole nitrogens is 1. The predicted octanol–water partition coefficient (Wildman–Crippen LogP) is 2.87. The van der Waals surface area contributed by atoms with Crippen LogP contribution in [-0.4, -0.2) is 26.9 Å². The summed E-state index contributed by atoms with van der Waals surface area (Å²) < 4.78 is 13.5. The second-order valence-electron chi connectivity index (χ2n) is 6.05. The SMILES string of the molecule is O=C(O)CCC(=O)c1c(CO)c2cc(-c3cccc(F)c3)ccc2[nH]c1=O. The van der Waals surface area contributed by atoms with Gasteiger partial charge in [0.2, 0.25) is 0 Å². The summed E-state index contributed by atoms with van der Waals surface area (Å²) in [5.74, 6) is -2.21. The minimum atomic E-state index is -1.15. The number of aromatic amines is 1. The van der Waals surface area contributed by atoms with Gasteiger partial charge in [0.25, 0.3) is 5.56 Å². The number of pyridine rings is 1. The Morgan fingerprint density at radius 2 is 1.78 bits per heavy atom. The van der Waals surface area contributed by atoms with Crippen molar-refractivity contribution in [1.82, 2.24) is 4.98 Å². The van der Waals surface area contributed by atoms with E-state index in [-0.39, 0.29) is 17.5 Å². The van der Waals surface area contributed by atoms with Gasteiger partial charge in [-0.15, -0.1) is 0 Å². The Morgan fingerprint density at radius 1 is 1.04 bits per heavy atom. The first-order valence-corrected chi connectivity index (χ1v) is 8.21. The number of fused-ring (bicyclic) bond motifs is 1. The van der Waals surface area contributed by atoms with Gasteiger partial charge in [-0.05, 0) is 35.4 Å². The fourth-order valence-electron chi connectivity index (χ4n) is 3.01. The molecule has 0 atom stereocenters. The number of carbonyl (C=O) groups excluding carboxylic acids is 1. The molecule has 1 aromatic heterocycles. The van der Waals surface area contributed by atoms with E-state index in [1.807, 2.05) is 0 Å². The fourth-order valence-corrected chi connectivity index (χ4v) is 3.01. The molecule has 2 aromatic carbocycles. The smallest absolute Gasteiger partial charge is 0.303 e. The van der Waals surface area contributed by atoms with Crippen LogP contribution in [0.15, 0.2) is 47.3 Å². The third-order valence-electron chi connectivity index (χ3n) is 4.28. The van der Waals surface area contributed by atoms with Crippen LogP contribution in [0.4, 0.5) is 4.39 Å². The quantitative estimate of drug-likeness (QED) is 0.579. The molecule has 3 aromatic rings. The standard InChI is InChI=1S/C20H16FNO5/c21-13-3-1-2-11(8-13)12-4-5-16-14(9-12)15(10-23)19(20(27)22-16)17(24)6-7-18(25)26/h1-5,8-9,23H,6-7,10H2,(H,22,27)(H,25,26). The summed E-state index contributed by atoms with van der Waals surface area (Å²) in [6.07, 6.45) is -0.759. The minimum absolute atomic E-state index is 0.127. The first-order chi connectivity index (χ1) is 12.9. The maximum atomic E-state index is 13.5. The maximum absolute atomic E-state index is 13.5. The highest BCUT2D eigenvalue weighted by atomic mass is 19.1. The number of benzene rings is 2. The number of ketones is 1. The summed E-state index contributed by atoms with van der Waals surface area (Å²) in [6.45, 7) is -0.568. The molecule has 7 heteroatoms. The van der Waals surface area contributed by atoms with Crippen LogP contribution in [0.25, 0.3) is 22.0 Å². The zero-order valence-corrected chi connectivity index (χ0v) is 14.2. The van der Waals surface area contributed by atoms with E-state index in [0.29, 0.717) is 22.0 Å². The van der Waals surface area contributed by atoms with Crippen molar-refractivity contribution in [1.29, 1.82) is 0 Å². The number of carbonyl (C=O) groups is 2. The molecule has 0 bridgehead atoms. The molecule has 3 N–H and O–H groups in total. The van der Waals surface area contributed by atoms with Gasteiger partial charge in [-0.3, -0.25) is 14.4 Å². The summed E-state index contributed by atoms with van der Waals surface area (Å²) in [5.41, 5.74) is 0.864. The number of carboxylic acids is 1. The molecule has 1 heterocycles. The molecule has 27 heavy (non-hydrogen) atoms. The molecule has 0 aliphatic carbocycles. The van der Waals surface area contributed by atoms with E-state index in [1.54, 1.807) is 30.3 Å². The summed E-state index contributed by atoms with van der Waals surface area (Å²) in [7, 11) is 0. The molecule has 0 aliphatic rings. The number of carboxylic acid groups (broad SMARTS) is 1. The number of aliphatic hydroxyl groups excluding tert-OH is 1. The number of hydrogen-bond acceptors (Lipinski definition) is 4. The first-order valence-electron chi connectivity index (χ1n) is 8.21. The summed E-state index contributed by atoms with van der Waals surface area (Å²) in [5, 5.41) is 19.0. The van der Waals surface area contributed by atoms with Gasteiger partial charge in [-0.25, -0.2) is 4.39 Å². The molecule has 0 radical (unpaired) electrons. The molecule has 0 aliphatic heterocycles. The highest BCUT2D eigenvalue weighted by Gasteiger charge is 2.20. The van der Waals surface area contributed by atoms with Crippen LogP contribution in [-0.2, 0) is 11.4 Å². The lowest BCUT2D eigenvalue weighted by Gasteiger charge is -2.11. The van der Waals surface area contributed by atoms with Gasteiger partial charge in [-0.1, -0.05) is 18.2 Å². The third kappa shape index (κ3) is 3.78. The summed E-state index contributed by atoms with van der Waals surface area (Å²) >= 11 is 0. The number of nitrogens with one attached hydrogen (secondary N) is 1. The lowest BCUT2D eigenvalue weighted by Crippen LogP contribution is -2.22. The maximum Gasteiger partial charge on any atom is 0.303 e. The summed E-state index contributed by atoms with van der Waals surface area (Å²) in [6, 6.07) is 10.9. The third-order valence-corrected chi connectivity index (χ3v) is 4.28. The van der Waals surface area contributed by atoms with Gasteiger partial charge in [0.1, 0.15) is 5.82 Å². The zero-order chi connectivity index (χ0) is 19.6. The second-order valence-corrected chi connectivity index (χ2v) is 6.05. The van der Waals surface area contributed by atoms with Gasteiger partial charge < -0.3 is 15.2 Å².